The quantitative estimate of drug-likeness (QED) is 0.638. The Morgan fingerprint density at radius 2 is 1.93 bits per heavy atom. The van der Waals surface area contributed by atoms with Gasteiger partial charge >= 0.3 is 5.97 Å². The first kappa shape index (κ1) is 18.4. The monoisotopic (exact) mass is 368 g/mol. The number of benzene rings is 2. The maximum Gasteiger partial charge on any atom is 0.342 e. The Kier molecular flexibility index (Phi) is 5.12. The predicted molar refractivity (Wildman–Crippen MR) is 99.8 cm³/mol. The summed E-state index contributed by atoms with van der Waals surface area (Å²) in [6, 6.07) is 11.6. The molecule has 0 aromatic heterocycles. The number of hydrogen-bond acceptors (Lipinski definition) is 5. The number of para-hydroxylation sites is 1. The number of ether oxygens (including phenoxy) is 1. The van der Waals surface area contributed by atoms with Crippen molar-refractivity contribution < 1.29 is 24.2 Å². The van der Waals surface area contributed by atoms with E-state index in [9.17, 15) is 19.5 Å². The fourth-order valence-corrected chi connectivity index (χ4v) is 3.04. The Balaban J connectivity index is 1.73. The molecule has 2 aromatic carbocycles. The number of rotatable bonds is 4. The van der Waals surface area contributed by atoms with Crippen molar-refractivity contribution in [2.24, 2.45) is 0 Å². The lowest BCUT2D eigenvalue weighted by Gasteiger charge is -2.22. The van der Waals surface area contributed by atoms with Crippen LogP contribution in [0.4, 0.5) is 11.4 Å². The Morgan fingerprint density at radius 1 is 1.19 bits per heavy atom. The number of carbonyl (C=O) groups is 3. The predicted octanol–water partition coefficient (Wildman–Crippen LogP) is 2.49. The first-order chi connectivity index (χ1) is 12.9. The van der Waals surface area contributed by atoms with Gasteiger partial charge in [0.1, 0.15) is 11.3 Å². The Morgan fingerprint density at radius 3 is 2.67 bits per heavy atom. The Labute approximate surface area is 156 Å². The number of amides is 2. The van der Waals surface area contributed by atoms with Crippen LogP contribution in [-0.4, -0.2) is 35.5 Å². The second-order valence-electron chi connectivity index (χ2n) is 6.33. The van der Waals surface area contributed by atoms with Crippen LogP contribution in [-0.2, 0) is 20.7 Å². The number of carbonyl (C=O) groups excluding carboxylic acids is 3. The summed E-state index contributed by atoms with van der Waals surface area (Å²) in [7, 11) is 0. The summed E-state index contributed by atoms with van der Waals surface area (Å²) < 4.78 is 5.26. The van der Waals surface area contributed by atoms with Gasteiger partial charge in [0.05, 0.1) is 0 Å². The highest BCUT2D eigenvalue weighted by atomic mass is 16.5. The van der Waals surface area contributed by atoms with Gasteiger partial charge in [0.25, 0.3) is 5.91 Å². The molecule has 2 amide bonds. The zero-order valence-electron chi connectivity index (χ0n) is 15.1. The molecule has 0 spiro atoms. The molecule has 7 heteroatoms. The fourth-order valence-electron chi connectivity index (χ4n) is 3.04. The molecule has 2 aromatic rings. The van der Waals surface area contributed by atoms with Crippen molar-refractivity contribution in [1.29, 1.82) is 0 Å². The molecule has 0 bridgehead atoms. The molecule has 0 saturated heterocycles. The molecule has 0 fully saturated rings. The number of hydrogen-bond donors (Lipinski definition) is 2. The van der Waals surface area contributed by atoms with Gasteiger partial charge in [0, 0.05) is 24.8 Å². The smallest absolute Gasteiger partial charge is 0.342 e. The third kappa shape index (κ3) is 3.92. The van der Waals surface area contributed by atoms with Crippen LogP contribution >= 0.6 is 0 Å². The van der Waals surface area contributed by atoms with E-state index in [0.29, 0.717) is 12.2 Å². The maximum atomic E-state index is 12.7. The van der Waals surface area contributed by atoms with Gasteiger partial charge in [-0.1, -0.05) is 18.2 Å². The number of nitrogens with one attached hydrogen (secondary N) is 1. The molecule has 140 valence electrons. The van der Waals surface area contributed by atoms with E-state index in [1.165, 1.54) is 32.0 Å². The lowest BCUT2D eigenvalue weighted by molar-refractivity contribution is -0.126. The van der Waals surface area contributed by atoms with Crippen LogP contribution < -0.4 is 10.2 Å². The van der Waals surface area contributed by atoms with Crippen molar-refractivity contribution in [1.82, 2.24) is 0 Å². The number of anilines is 2. The standard InChI is InChI=1S/C20H20N2O5/c1-12(19(25)22-10-9-14-5-3-4-6-17(14)22)27-20(26)16-11-15(21-13(2)23)7-8-18(16)24/h3-8,11-12,24H,9-10H2,1-2H3,(H,21,23)/t12-/m0/s1. The molecule has 1 heterocycles. The van der Waals surface area contributed by atoms with Gasteiger partial charge in [-0.2, -0.15) is 0 Å². The van der Waals surface area contributed by atoms with Gasteiger partial charge in [0.15, 0.2) is 6.10 Å². The highest BCUT2D eigenvalue weighted by Gasteiger charge is 2.30. The summed E-state index contributed by atoms with van der Waals surface area (Å²) in [5, 5.41) is 12.4. The second kappa shape index (κ2) is 7.49. The van der Waals surface area contributed by atoms with Crippen molar-refractivity contribution >= 4 is 29.2 Å². The molecule has 0 unspecified atom stereocenters. The number of phenolic OH excluding ortho intramolecular Hbond substituents is 1. The maximum absolute atomic E-state index is 12.7. The summed E-state index contributed by atoms with van der Waals surface area (Å²) in [6.45, 7) is 3.36. The molecule has 1 aliphatic heterocycles. The van der Waals surface area contributed by atoms with E-state index in [1.54, 1.807) is 4.90 Å². The first-order valence-electron chi connectivity index (χ1n) is 8.57. The molecule has 0 saturated carbocycles. The lowest BCUT2D eigenvalue weighted by atomic mass is 10.1. The summed E-state index contributed by atoms with van der Waals surface area (Å²) in [4.78, 5) is 37.9. The Bertz CT molecular complexity index is 909. The van der Waals surface area contributed by atoms with E-state index in [-0.39, 0.29) is 23.1 Å². The van der Waals surface area contributed by atoms with E-state index in [2.05, 4.69) is 5.32 Å². The van der Waals surface area contributed by atoms with Crippen molar-refractivity contribution in [2.45, 2.75) is 26.4 Å². The number of nitrogens with zero attached hydrogens (tertiary/aromatic N) is 1. The molecule has 0 aliphatic carbocycles. The van der Waals surface area contributed by atoms with Gasteiger partial charge in [-0.25, -0.2) is 4.79 Å². The van der Waals surface area contributed by atoms with Crippen LogP contribution in [0.5, 0.6) is 5.75 Å². The second-order valence-corrected chi connectivity index (χ2v) is 6.33. The average molecular weight is 368 g/mol. The molecule has 1 atom stereocenters. The molecule has 27 heavy (non-hydrogen) atoms. The van der Waals surface area contributed by atoms with Crippen LogP contribution in [0.2, 0.25) is 0 Å². The SMILES string of the molecule is CC(=O)Nc1ccc(O)c(C(=O)O[C@@H](C)C(=O)N2CCc3ccccc32)c1. The largest absolute Gasteiger partial charge is 0.507 e. The topological polar surface area (TPSA) is 95.9 Å². The van der Waals surface area contributed by atoms with E-state index in [1.807, 2.05) is 24.3 Å². The molecule has 3 rings (SSSR count). The minimum Gasteiger partial charge on any atom is -0.507 e. The zero-order chi connectivity index (χ0) is 19.6. The van der Waals surface area contributed by atoms with Crippen molar-refractivity contribution in [3.8, 4) is 5.75 Å². The number of fused-ring (bicyclic) bond motifs is 1. The normalized spacial score (nSPS) is 13.6. The van der Waals surface area contributed by atoms with Gasteiger partial charge in [-0.3, -0.25) is 9.59 Å². The summed E-state index contributed by atoms with van der Waals surface area (Å²) >= 11 is 0. The molecule has 1 aliphatic rings. The molecular weight excluding hydrogens is 348 g/mol. The van der Waals surface area contributed by atoms with Crippen LogP contribution in [0, 0.1) is 0 Å². The van der Waals surface area contributed by atoms with Crippen LogP contribution in [0.15, 0.2) is 42.5 Å². The Hall–Kier alpha value is -3.35. The van der Waals surface area contributed by atoms with Crippen LogP contribution in [0.3, 0.4) is 0 Å². The summed E-state index contributed by atoms with van der Waals surface area (Å²) in [5.74, 6) is -1.77. The highest BCUT2D eigenvalue weighted by Crippen LogP contribution is 2.29. The number of esters is 1. The fraction of sp³-hybridized carbons (Fsp3) is 0.250. The molecular formula is C20H20N2O5. The third-order valence-electron chi connectivity index (χ3n) is 4.32. The summed E-state index contributed by atoms with van der Waals surface area (Å²) in [6.07, 6.45) is -0.269. The minimum atomic E-state index is -1.02. The molecule has 2 N–H and O–H groups in total. The van der Waals surface area contributed by atoms with Crippen LogP contribution in [0.1, 0.15) is 29.8 Å². The van der Waals surface area contributed by atoms with Gasteiger partial charge in [-0.15, -0.1) is 0 Å². The number of aromatic hydroxyl groups is 1. The van der Waals surface area contributed by atoms with E-state index < -0.39 is 12.1 Å². The minimum absolute atomic E-state index is 0.122. The van der Waals surface area contributed by atoms with Gasteiger partial charge in [-0.05, 0) is 43.2 Å². The summed E-state index contributed by atoms with van der Waals surface area (Å²) in [5.41, 5.74) is 2.12. The van der Waals surface area contributed by atoms with Crippen molar-refractivity contribution in [3.05, 3.63) is 53.6 Å². The van der Waals surface area contributed by atoms with E-state index >= 15 is 0 Å². The first-order valence-corrected chi connectivity index (χ1v) is 8.57. The average Bonchev–Trinajstić information content (AvgIpc) is 3.06. The third-order valence-corrected chi connectivity index (χ3v) is 4.32. The zero-order valence-corrected chi connectivity index (χ0v) is 15.1. The van der Waals surface area contributed by atoms with Gasteiger partial charge < -0.3 is 20.1 Å². The van der Waals surface area contributed by atoms with Crippen LogP contribution in [0.25, 0.3) is 0 Å². The van der Waals surface area contributed by atoms with E-state index in [4.69, 9.17) is 4.74 Å². The van der Waals surface area contributed by atoms with Crippen molar-refractivity contribution in [3.63, 3.8) is 0 Å². The molecule has 0 radical (unpaired) electrons. The highest BCUT2D eigenvalue weighted by molar-refractivity contribution is 6.01. The lowest BCUT2D eigenvalue weighted by Crippen LogP contribution is -2.39. The molecule has 7 nitrogen and oxygen atoms in total. The van der Waals surface area contributed by atoms with E-state index in [0.717, 1.165) is 17.7 Å². The van der Waals surface area contributed by atoms with Gasteiger partial charge in [0.2, 0.25) is 5.91 Å². The van der Waals surface area contributed by atoms with Crippen molar-refractivity contribution in [2.75, 3.05) is 16.8 Å². The number of phenols is 1.